The van der Waals surface area contributed by atoms with Crippen molar-refractivity contribution < 1.29 is 4.79 Å². The molecule has 134 valence electrons. The first-order chi connectivity index (χ1) is 12.7. The largest absolute Gasteiger partial charge is 0.348 e. The van der Waals surface area contributed by atoms with Gasteiger partial charge in [0.2, 0.25) is 0 Å². The molecule has 0 fully saturated rings. The predicted octanol–water partition coefficient (Wildman–Crippen LogP) is 3.78. The molecule has 0 radical (unpaired) electrons. The fourth-order valence-electron chi connectivity index (χ4n) is 2.54. The molecular formula is C20H22N4OS. The van der Waals surface area contributed by atoms with Gasteiger partial charge in [0.25, 0.3) is 5.91 Å². The van der Waals surface area contributed by atoms with E-state index >= 15 is 0 Å². The highest BCUT2D eigenvalue weighted by Gasteiger charge is 2.12. The molecule has 1 N–H and O–H groups in total. The molecule has 0 bridgehead atoms. The number of carbonyl (C=O) groups excluding carboxylic acids is 1. The lowest BCUT2D eigenvalue weighted by molar-refractivity contribution is 0.0932. The molecule has 2 aromatic heterocycles. The number of hydrogen-bond acceptors (Lipinski definition) is 4. The van der Waals surface area contributed by atoms with Crippen LogP contribution in [0.5, 0.6) is 0 Å². The van der Waals surface area contributed by atoms with Gasteiger partial charge in [-0.15, -0.1) is 11.8 Å². The number of thioether (sulfide) groups is 1. The molecule has 26 heavy (non-hydrogen) atoms. The fraction of sp³-hybridized carbons (Fsp3) is 0.250. The van der Waals surface area contributed by atoms with Crippen molar-refractivity contribution in [3.8, 4) is 0 Å². The summed E-state index contributed by atoms with van der Waals surface area (Å²) >= 11 is 1.68. The van der Waals surface area contributed by atoms with Crippen molar-refractivity contribution in [3.05, 3.63) is 78.5 Å². The van der Waals surface area contributed by atoms with E-state index in [1.54, 1.807) is 30.5 Å². The van der Waals surface area contributed by atoms with Crippen LogP contribution in [-0.2, 0) is 12.3 Å². The number of nitrogens with one attached hydrogen (secondary N) is 1. The van der Waals surface area contributed by atoms with Gasteiger partial charge in [-0.3, -0.25) is 4.79 Å². The lowest BCUT2D eigenvalue weighted by Crippen LogP contribution is -2.37. The van der Waals surface area contributed by atoms with E-state index in [2.05, 4.69) is 22.2 Å². The maximum atomic E-state index is 12.5. The van der Waals surface area contributed by atoms with E-state index < -0.39 is 0 Å². The van der Waals surface area contributed by atoms with E-state index in [1.165, 1.54) is 5.56 Å². The molecule has 1 atom stereocenters. The quantitative estimate of drug-likeness (QED) is 0.617. The first-order valence-electron chi connectivity index (χ1n) is 8.64. The standard InChI is InChI=1S/C20H22N4OS/c1-2-18(13-24-12-11-21-15-24)23-20(25)17-8-6-16(7-9-17)14-26-19-5-3-4-10-22-19/h3-12,15,18H,2,13-14H2,1H3,(H,23,25). The van der Waals surface area contributed by atoms with Crippen molar-refractivity contribution in [2.24, 2.45) is 0 Å². The second-order valence-electron chi connectivity index (χ2n) is 5.99. The summed E-state index contributed by atoms with van der Waals surface area (Å²) in [4.78, 5) is 20.8. The van der Waals surface area contributed by atoms with Gasteiger partial charge in [-0.1, -0.05) is 25.1 Å². The zero-order chi connectivity index (χ0) is 18.2. The minimum absolute atomic E-state index is 0.0408. The minimum Gasteiger partial charge on any atom is -0.348 e. The van der Waals surface area contributed by atoms with Crippen molar-refractivity contribution >= 4 is 17.7 Å². The smallest absolute Gasteiger partial charge is 0.251 e. The van der Waals surface area contributed by atoms with Gasteiger partial charge in [0.05, 0.1) is 11.4 Å². The highest BCUT2D eigenvalue weighted by Crippen LogP contribution is 2.20. The number of nitrogens with zero attached hydrogens (tertiary/aromatic N) is 3. The molecule has 0 aliphatic heterocycles. The van der Waals surface area contributed by atoms with Gasteiger partial charge in [0, 0.05) is 42.5 Å². The summed E-state index contributed by atoms with van der Waals surface area (Å²) in [6.45, 7) is 2.79. The molecule has 0 aliphatic rings. The van der Waals surface area contributed by atoms with Crippen LogP contribution in [-0.4, -0.2) is 26.5 Å². The second kappa shape index (κ2) is 9.20. The monoisotopic (exact) mass is 366 g/mol. The van der Waals surface area contributed by atoms with Gasteiger partial charge >= 0.3 is 0 Å². The Morgan fingerprint density at radius 3 is 2.69 bits per heavy atom. The molecule has 1 unspecified atom stereocenters. The van der Waals surface area contributed by atoms with Gasteiger partial charge in [-0.2, -0.15) is 0 Å². The SMILES string of the molecule is CCC(Cn1ccnc1)NC(=O)c1ccc(CSc2ccccn2)cc1. The summed E-state index contributed by atoms with van der Waals surface area (Å²) < 4.78 is 1.98. The normalized spacial score (nSPS) is 11.9. The summed E-state index contributed by atoms with van der Waals surface area (Å²) in [6, 6.07) is 13.7. The molecular weight excluding hydrogens is 344 g/mol. The molecule has 0 spiro atoms. The van der Waals surface area contributed by atoms with Crippen LogP contribution in [0.2, 0.25) is 0 Å². The third-order valence-corrected chi connectivity index (χ3v) is 5.07. The number of pyridine rings is 1. The maximum absolute atomic E-state index is 12.5. The molecule has 1 amide bonds. The number of hydrogen-bond donors (Lipinski definition) is 1. The van der Waals surface area contributed by atoms with Crippen molar-refractivity contribution in [1.82, 2.24) is 19.9 Å². The van der Waals surface area contributed by atoms with Crippen LogP contribution in [0.3, 0.4) is 0 Å². The van der Waals surface area contributed by atoms with Gasteiger partial charge in [-0.25, -0.2) is 9.97 Å². The van der Waals surface area contributed by atoms with E-state index in [9.17, 15) is 4.79 Å². The van der Waals surface area contributed by atoms with Crippen molar-refractivity contribution in [1.29, 1.82) is 0 Å². The Hall–Kier alpha value is -2.60. The van der Waals surface area contributed by atoms with Crippen molar-refractivity contribution in [2.75, 3.05) is 0 Å². The zero-order valence-electron chi connectivity index (χ0n) is 14.7. The molecule has 6 heteroatoms. The fourth-order valence-corrected chi connectivity index (χ4v) is 3.35. The highest BCUT2D eigenvalue weighted by atomic mass is 32.2. The van der Waals surface area contributed by atoms with E-state index in [-0.39, 0.29) is 11.9 Å². The Morgan fingerprint density at radius 2 is 2.04 bits per heavy atom. The summed E-state index contributed by atoms with van der Waals surface area (Å²) in [5, 5.41) is 4.10. The van der Waals surface area contributed by atoms with Crippen LogP contribution in [0.15, 0.2) is 72.4 Å². The number of imidazole rings is 1. The average molecular weight is 366 g/mol. The Bertz CT molecular complexity index is 804. The van der Waals surface area contributed by atoms with Crippen molar-refractivity contribution in [3.63, 3.8) is 0 Å². The van der Waals surface area contributed by atoms with Crippen LogP contribution < -0.4 is 5.32 Å². The molecule has 1 aromatic carbocycles. The summed E-state index contributed by atoms with van der Waals surface area (Å²) in [7, 11) is 0. The Kier molecular flexibility index (Phi) is 6.44. The molecule has 2 heterocycles. The van der Waals surface area contributed by atoms with Crippen LogP contribution >= 0.6 is 11.8 Å². The summed E-state index contributed by atoms with van der Waals surface area (Å²) in [6.07, 6.45) is 8.08. The maximum Gasteiger partial charge on any atom is 0.251 e. The molecule has 0 saturated carbocycles. The van der Waals surface area contributed by atoms with E-state index in [1.807, 2.05) is 53.2 Å². The van der Waals surface area contributed by atoms with Gasteiger partial charge in [0.15, 0.2) is 0 Å². The second-order valence-corrected chi connectivity index (χ2v) is 6.99. The number of amides is 1. The lowest BCUT2D eigenvalue weighted by Gasteiger charge is -2.17. The van der Waals surface area contributed by atoms with Crippen LogP contribution in [0, 0.1) is 0 Å². The number of aromatic nitrogens is 3. The molecule has 5 nitrogen and oxygen atoms in total. The predicted molar refractivity (Wildman–Crippen MR) is 104 cm³/mol. The Morgan fingerprint density at radius 1 is 1.19 bits per heavy atom. The molecule has 3 aromatic rings. The third-order valence-electron chi connectivity index (χ3n) is 4.06. The first kappa shape index (κ1) is 18.2. The number of rotatable bonds is 8. The zero-order valence-corrected chi connectivity index (χ0v) is 15.5. The summed E-state index contributed by atoms with van der Waals surface area (Å²) in [5.41, 5.74) is 1.85. The van der Waals surface area contributed by atoms with Gasteiger partial charge in [0.1, 0.15) is 0 Å². The highest BCUT2D eigenvalue weighted by molar-refractivity contribution is 7.98. The average Bonchev–Trinajstić information content (AvgIpc) is 3.20. The van der Waals surface area contributed by atoms with E-state index in [0.29, 0.717) is 5.56 Å². The van der Waals surface area contributed by atoms with Crippen LogP contribution in [0.4, 0.5) is 0 Å². The third kappa shape index (κ3) is 5.20. The molecule has 0 aliphatic carbocycles. The lowest BCUT2D eigenvalue weighted by atomic mass is 10.1. The van der Waals surface area contributed by atoms with Gasteiger partial charge in [-0.05, 0) is 36.2 Å². The van der Waals surface area contributed by atoms with Crippen molar-refractivity contribution in [2.45, 2.75) is 36.7 Å². The van der Waals surface area contributed by atoms with Gasteiger partial charge < -0.3 is 9.88 Å². The topological polar surface area (TPSA) is 59.8 Å². The van der Waals surface area contributed by atoms with Crippen LogP contribution in [0.1, 0.15) is 29.3 Å². The first-order valence-corrected chi connectivity index (χ1v) is 9.62. The Balaban J connectivity index is 1.54. The number of carbonyl (C=O) groups is 1. The Labute approximate surface area is 157 Å². The van der Waals surface area contributed by atoms with E-state index in [4.69, 9.17) is 0 Å². The summed E-state index contributed by atoms with van der Waals surface area (Å²) in [5.74, 6) is 0.790. The molecule has 3 rings (SSSR count). The molecule has 0 saturated heterocycles. The van der Waals surface area contributed by atoms with E-state index in [0.717, 1.165) is 23.7 Å². The minimum atomic E-state index is -0.0408. The van der Waals surface area contributed by atoms with Crippen LogP contribution in [0.25, 0.3) is 0 Å². The number of benzene rings is 1.